The highest BCUT2D eigenvalue weighted by Gasteiger charge is 2.14. The van der Waals surface area contributed by atoms with Crippen molar-refractivity contribution in [3.8, 4) is 17.6 Å². The third kappa shape index (κ3) is 7.95. The number of unbranched alkanes of at least 4 members (excludes halogenated alkanes) is 4. The molecule has 0 aliphatic heterocycles. The van der Waals surface area contributed by atoms with Crippen molar-refractivity contribution in [1.82, 2.24) is 0 Å². The molecule has 0 amide bonds. The molecule has 0 bridgehead atoms. The highest BCUT2D eigenvalue weighted by atomic mass is 16.5. The smallest absolute Gasteiger partial charge is 0.119 e. The number of ether oxygens (including phenoxy) is 1. The zero-order valence-electron chi connectivity index (χ0n) is 19.5. The fourth-order valence-electron chi connectivity index (χ4n) is 4.17. The summed E-state index contributed by atoms with van der Waals surface area (Å²) in [5, 5.41) is 0. The van der Waals surface area contributed by atoms with Crippen LogP contribution in [-0.4, -0.2) is 6.61 Å². The number of rotatable bonds is 10. The molecule has 2 aromatic rings. The maximum atomic E-state index is 5.81. The third-order valence-electron chi connectivity index (χ3n) is 6.21. The first-order valence-corrected chi connectivity index (χ1v) is 12.3. The van der Waals surface area contributed by atoms with Crippen LogP contribution in [0.1, 0.15) is 94.7 Å². The van der Waals surface area contributed by atoms with Crippen LogP contribution in [0.25, 0.3) is 5.57 Å². The lowest BCUT2D eigenvalue weighted by molar-refractivity contribution is 0.305. The SMILES string of the molecule is CCCCCCOc1ccc(C#Cc2ccc(C3=CCC(CCCC)CC3)cc2)cc1. The van der Waals surface area contributed by atoms with Crippen LogP contribution in [-0.2, 0) is 0 Å². The second-order valence-corrected chi connectivity index (χ2v) is 8.77. The van der Waals surface area contributed by atoms with E-state index in [2.05, 4.69) is 56.0 Å². The van der Waals surface area contributed by atoms with Gasteiger partial charge in [-0.05, 0) is 79.1 Å². The number of hydrogen-bond acceptors (Lipinski definition) is 1. The Hall–Kier alpha value is -2.46. The summed E-state index contributed by atoms with van der Waals surface area (Å²) < 4.78 is 5.81. The van der Waals surface area contributed by atoms with Crippen molar-refractivity contribution in [3.05, 3.63) is 71.3 Å². The van der Waals surface area contributed by atoms with Gasteiger partial charge >= 0.3 is 0 Å². The summed E-state index contributed by atoms with van der Waals surface area (Å²) in [4.78, 5) is 0. The minimum absolute atomic E-state index is 0.799. The summed E-state index contributed by atoms with van der Waals surface area (Å²) in [6, 6.07) is 16.9. The topological polar surface area (TPSA) is 9.23 Å². The van der Waals surface area contributed by atoms with Crippen molar-refractivity contribution < 1.29 is 4.74 Å². The van der Waals surface area contributed by atoms with Gasteiger partial charge in [0.1, 0.15) is 5.75 Å². The molecule has 0 saturated heterocycles. The molecule has 31 heavy (non-hydrogen) atoms. The molecule has 0 saturated carbocycles. The van der Waals surface area contributed by atoms with Crippen molar-refractivity contribution in [2.24, 2.45) is 5.92 Å². The van der Waals surface area contributed by atoms with Gasteiger partial charge in [0, 0.05) is 11.1 Å². The predicted molar refractivity (Wildman–Crippen MR) is 133 cm³/mol. The largest absolute Gasteiger partial charge is 0.494 e. The Labute approximate surface area is 189 Å². The summed E-state index contributed by atoms with van der Waals surface area (Å²) in [5.41, 5.74) is 4.96. The normalized spacial score (nSPS) is 15.7. The van der Waals surface area contributed by atoms with E-state index in [0.29, 0.717) is 0 Å². The van der Waals surface area contributed by atoms with E-state index in [1.54, 1.807) is 0 Å². The molecule has 1 unspecified atom stereocenters. The third-order valence-corrected chi connectivity index (χ3v) is 6.21. The van der Waals surface area contributed by atoms with Crippen molar-refractivity contribution in [1.29, 1.82) is 0 Å². The average Bonchev–Trinajstić information content (AvgIpc) is 2.83. The van der Waals surface area contributed by atoms with Crippen molar-refractivity contribution in [2.75, 3.05) is 6.61 Å². The Bertz CT molecular complexity index is 861. The maximum absolute atomic E-state index is 5.81. The minimum atomic E-state index is 0.799. The molecule has 0 fully saturated rings. The zero-order chi connectivity index (χ0) is 21.7. The molecule has 1 aliphatic rings. The van der Waals surface area contributed by atoms with Gasteiger partial charge in [-0.2, -0.15) is 0 Å². The minimum Gasteiger partial charge on any atom is -0.494 e. The summed E-state index contributed by atoms with van der Waals surface area (Å²) >= 11 is 0. The fraction of sp³-hybridized carbons (Fsp3) is 0.467. The summed E-state index contributed by atoms with van der Waals surface area (Å²) in [6.07, 6.45) is 15.3. The molecule has 0 radical (unpaired) electrons. The van der Waals surface area contributed by atoms with Gasteiger partial charge < -0.3 is 4.74 Å². The lowest BCUT2D eigenvalue weighted by atomic mass is 9.84. The Morgan fingerprint density at radius 1 is 0.806 bits per heavy atom. The molecule has 164 valence electrons. The first-order valence-electron chi connectivity index (χ1n) is 12.3. The number of allylic oxidation sites excluding steroid dienone is 2. The summed E-state index contributed by atoms with van der Waals surface area (Å²) in [7, 11) is 0. The maximum Gasteiger partial charge on any atom is 0.119 e. The summed E-state index contributed by atoms with van der Waals surface area (Å²) in [5.74, 6) is 8.40. The van der Waals surface area contributed by atoms with E-state index in [9.17, 15) is 0 Å². The van der Waals surface area contributed by atoms with Crippen LogP contribution in [0.15, 0.2) is 54.6 Å². The molecule has 1 nitrogen and oxygen atoms in total. The number of hydrogen-bond donors (Lipinski definition) is 0. The van der Waals surface area contributed by atoms with E-state index >= 15 is 0 Å². The second kappa shape index (κ2) is 13.1. The van der Waals surface area contributed by atoms with Gasteiger partial charge in [-0.3, -0.25) is 0 Å². The van der Waals surface area contributed by atoms with E-state index in [1.165, 1.54) is 68.9 Å². The molecule has 1 heteroatoms. The van der Waals surface area contributed by atoms with Crippen LogP contribution >= 0.6 is 0 Å². The van der Waals surface area contributed by atoms with E-state index in [0.717, 1.165) is 35.8 Å². The first-order chi connectivity index (χ1) is 15.3. The zero-order valence-corrected chi connectivity index (χ0v) is 19.5. The van der Waals surface area contributed by atoms with Gasteiger partial charge in [0.25, 0.3) is 0 Å². The van der Waals surface area contributed by atoms with Gasteiger partial charge in [-0.25, -0.2) is 0 Å². The van der Waals surface area contributed by atoms with Crippen molar-refractivity contribution in [3.63, 3.8) is 0 Å². The lowest BCUT2D eigenvalue weighted by Gasteiger charge is -2.22. The van der Waals surface area contributed by atoms with Crippen LogP contribution in [0.2, 0.25) is 0 Å². The molecule has 0 spiro atoms. The van der Waals surface area contributed by atoms with Crippen LogP contribution in [0, 0.1) is 17.8 Å². The van der Waals surface area contributed by atoms with E-state index < -0.39 is 0 Å². The van der Waals surface area contributed by atoms with Crippen LogP contribution < -0.4 is 4.74 Å². The van der Waals surface area contributed by atoms with Gasteiger partial charge in [0.15, 0.2) is 0 Å². The quantitative estimate of drug-likeness (QED) is 0.280. The monoisotopic (exact) mass is 414 g/mol. The van der Waals surface area contributed by atoms with E-state index in [1.807, 2.05) is 24.3 Å². The van der Waals surface area contributed by atoms with Crippen LogP contribution in [0.3, 0.4) is 0 Å². The van der Waals surface area contributed by atoms with Crippen molar-refractivity contribution in [2.45, 2.75) is 78.1 Å². The number of benzene rings is 2. The van der Waals surface area contributed by atoms with Crippen LogP contribution in [0.4, 0.5) is 0 Å². The average molecular weight is 415 g/mol. The molecule has 1 atom stereocenters. The molecular weight excluding hydrogens is 376 g/mol. The van der Waals surface area contributed by atoms with Gasteiger partial charge in [0.05, 0.1) is 6.61 Å². The molecule has 0 heterocycles. The van der Waals surface area contributed by atoms with Gasteiger partial charge in [0.2, 0.25) is 0 Å². The molecule has 0 aromatic heterocycles. The summed E-state index contributed by atoms with van der Waals surface area (Å²) in [6.45, 7) is 5.31. The predicted octanol–water partition coefficient (Wildman–Crippen LogP) is 8.42. The Balaban J connectivity index is 1.50. The Morgan fingerprint density at radius 3 is 2.10 bits per heavy atom. The van der Waals surface area contributed by atoms with Gasteiger partial charge in [-0.15, -0.1) is 0 Å². The standard InChI is InChI=1S/C30H38O/c1-3-5-7-8-24-31-30-22-16-27(17-23-30)11-10-26-14-20-29(21-15-26)28-18-12-25(13-19-28)9-6-4-2/h14-18,20-23,25H,3-9,12-13,19,24H2,1-2H3. The highest BCUT2D eigenvalue weighted by Crippen LogP contribution is 2.32. The van der Waals surface area contributed by atoms with Gasteiger partial charge in [-0.1, -0.05) is 82.4 Å². The Morgan fingerprint density at radius 2 is 1.48 bits per heavy atom. The van der Waals surface area contributed by atoms with Crippen molar-refractivity contribution >= 4 is 5.57 Å². The first kappa shape index (κ1) is 23.2. The molecule has 2 aromatic carbocycles. The van der Waals surface area contributed by atoms with E-state index in [-0.39, 0.29) is 0 Å². The second-order valence-electron chi connectivity index (χ2n) is 8.77. The van der Waals surface area contributed by atoms with E-state index in [4.69, 9.17) is 4.74 Å². The molecular formula is C30H38O. The molecule has 3 rings (SSSR count). The van der Waals surface area contributed by atoms with Crippen LogP contribution in [0.5, 0.6) is 5.75 Å². The highest BCUT2D eigenvalue weighted by molar-refractivity contribution is 5.67. The Kier molecular flexibility index (Phi) is 9.78. The molecule has 1 aliphatic carbocycles. The fourth-order valence-corrected chi connectivity index (χ4v) is 4.17. The lowest BCUT2D eigenvalue weighted by Crippen LogP contribution is -2.05. The molecule has 0 N–H and O–H groups in total.